The summed E-state index contributed by atoms with van der Waals surface area (Å²) < 4.78 is 2.57. The Balaban J connectivity index is 0.00000180. The Morgan fingerprint density at radius 3 is 2.59 bits per heavy atom. The van der Waals surface area contributed by atoms with Crippen molar-refractivity contribution in [3.05, 3.63) is 58.9 Å². The van der Waals surface area contributed by atoms with E-state index in [0.29, 0.717) is 0 Å². The summed E-state index contributed by atoms with van der Waals surface area (Å²) in [4.78, 5) is 7.32. The molecule has 1 aromatic carbocycles. The van der Waals surface area contributed by atoms with Gasteiger partial charge in [-0.1, -0.05) is 30.7 Å². The van der Waals surface area contributed by atoms with Crippen LogP contribution in [0.3, 0.4) is 0 Å². The van der Waals surface area contributed by atoms with Crippen LogP contribution in [-0.4, -0.2) is 16.1 Å². The zero-order chi connectivity index (χ0) is 17.7. The van der Waals surface area contributed by atoms with Crippen molar-refractivity contribution in [2.75, 3.05) is 11.4 Å². The van der Waals surface area contributed by atoms with Gasteiger partial charge in [-0.15, -0.1) is 12.4 Å². The largest absolute Gasteiger partial charge is 0.365 e. The number of aromatic nitrogens is 2. The van der Waals surface area contributed by atoms with Gasteiger partial charge in [0.25, 0.3) is 0 Å². The molecular weight excluding hydrogens is 354 g/mol. The minimum absolute atomic E-state index is 0. The second-order valence-corrected chi connectivity index (χ2v) is 8.09. The SMILES string of the molecule is Cc1c(C)n(CC2CCC2)c2c(N3CCc4ccccc4C3)ccnc12.Cl. The Labute approximate surface area is 167 Å². The highest BCUT2D eigenvalue weighted by Crippen LogP contribution is 2.36. The lowest BCUT2D eigenvalue weighted by atomic mass is 9.85. The topological polar surface area (TPSA) is 21.1 Å². The summed E-state index contributed by atoms with van der Waals surface area (Å²) in [6, 6.07) is 11.1. The van der Waals surface area contributed by atoms with Gasteiger partial charge in [-0.3, -0.25) is 4.98 Å². The van der Waals surface area contributed by atoms with Crippen LogP contribution >= 0.6 is 12.4 Å². The lowest BCUT2D eigenvalue weighted by Gasteiger charge is -2.32. The van der Waals surface area contributed by atoms with Crippen LogP contribution < -0.4 is 4.90 Å². The number of benzene rings is 1. The number of nitrogens with zero attached hydrogens (tertiary/aromatic N) is 3. The maximum atomic E-state index is 4.77. The third-order valence-electron chi connectivity index (χ3n) is 6.61. The van der Waals surface area contributed by atoms with Crippen molar-refractivity contribution in [1.29, 1.82) is 0 Å². The van der Waals surface area contributed by atoms with Crippen molar-refractivity contribution in [1.82, 2.24) is 9.55 Å². The normalized spacial score (nSPS) is 16.7. The van der Waals surface area contributed by atoms with E-state index in [4.69, 9.17) is 4.98 Å². The van der Waals surface area contributed by atoms with E-state index in [9.17, 15) is 0 Å². The lowest BCUT2D eigenvalue weighted by molar-refractivity contribution is 0.278. The van der Waals surface area contributed by atoms with Gasteiger partial charge in [-0.25, -0.2) is 0 Å². The molecule has 5 rings (SSSR count). The minimum atomic E-state index is 0. The van der Waals surface area contributed by atoms with Crippen LogP contribution in [0.4, 0.5) is 5.69 Å². The van der Waals surface area contributed by atoms with Crippen LogP contribution in [0.1, 0.15) is 41.6 Å². The number of anilines is 1. The Morgan fingerprint density at radius 2 is 1.85 bits per heavy atom. The van der Waals surface area contributed by atoms with Crippen LogP contribution in [0, 0.1) is 19.8 Å². The highest BCUT2D eigenvalue weighted by molar-refractivity contribution is 5.92. The first-order valence-corrected chi connectivity index (χ1v) is 9.98. The number of aryl methyl sites for hydroxylation is 1. The first-order chi connectivity index (χ1) is 12.7. The molecule has 0 bridgehead atoms. The maximum absolute atomic E-state index is 4.77. The molecule has 4 heteroatoms. The fourth-order valence-electron chi connectivity index (χ4n) is 4.64. The van der Waals surface area contributed by atoms with Crippen molar-refractivity contribution in [2.24, 2.45) is 5.92 Å². The van der Waals surface area contributed by atoms with E-state index in [1.54, 1.807) is 0 Å². The van der Waals surface area contributed by atoms with Gasteiger partial charge in [-0.2, -0.15) is 0 Å². The lowest BCUT2D eigenvalue weighted by Crippen LogP contribution is -2.31. The molecule has 0 saturated heterocycles. The zero-order valence-electron chi connectivity index (χ0n) is 16.2. The van der Waals surface area contributed by atoms with E-state index < -0.39 is 0 Å². The monoisotopic (exact) mass is 381 g/mol. The molecular formula is C23H28ClN3. The molecule has 0 amide bonds. The standard InChI is InChI=1S/C23H27N3.ClH/c1-16-17(2)26(14-18-6-5-7-18)23-21(10-12-24-22(16)23)25-13-11-19-8-3-4-9-20(19)15-25;/h3-4,8-10,12,18H,5-7,11,13-15H2,1-2H3;1H. The number of pyridine rings is 1. The van der Waals surface area contributed by atoms with Gasteiger partial charge in [0, 0.05) is 31.5 Å². The van der Waals surface area contributed by atoms with E-state index in [1.165, 1.54) is 58.4 Å². The molecule has 27 heavy (non-hydrogen) atoms. The van der Waals surface area contributed by atoms with Gasteiger partial charge in [0.2, 0.25) is 0 Å². The van der Waals surface area contributed by atoms with Gasteiger partial charge >= 0.3 is 0 Å². The van der Waals surface area contributed by atoms with Crippen LogP contribution in [0.5, 0.6) is 0 Å². The van der Waals surface area contributed by atoms with Gasteiger partial charge < -0.3 is 9.47 Å². The molecule has 1 aliphatic heterocycles. The number of hydrogen-bond donors (Lipinski definition) is 0. The molecule has 0 unspecified atom stereocenters. The first kappa shape index (κ1) is 18.4. The summed E-state index contributed by atoms with van der Waals surface area (Å²) in [6.45, 7) is 7.74. The predicted octanol–water partition coefficient (Wildman–Crippen LogP) is 5.44. The summed E-state index contributed by atoms with van der Waals surface area (Å²) in [6.07, 6.45) is 7.28. The van der Waals surface area contributed by atoms with E-state index in [2.05, 4.69) is 53.6 Å². The van der Waals surface area contributed by atoms with Crippen molar-refractivity contribution in [3.8, 4) is 0 Å². The molecule has 2 aromatic heterocycles. The molecule has 142 valence electrons. The van der Waals surface area contributed by atoms with Crippen molar-refractivity contribution >= 4 is 29.1 Å². The van der Waals surface area contributed by atoms with Crippen LogP contribution in [0.25, 0.3) is 11.0 Å². The summed E-state index contributed by atoms with van der Waals surface area (Å²) in [7, 11) is 0. The van der Waals surface area contributed by atoms with Crippen LogP contribution in [0.15, 0.2) is 36.5 Å². The highest BCUT2D eigenvalue weighted by atomic mass is 35.5. The molecule has 2 aliphatic rings. The molecule has 1 fully saturated rings. The fraction of sp³-hybridized carbons (Fsp3) is 0.435. The maximum Gasteiger partial charge on any atom is 0.0934 e. The molecule has 0 spiro atoms. The van der Waals surface area contributed by atoms with Crippen molar-refractivity contribution < 1.29 is 0 Å². The van der Waals surface area contributed by atoms with Gasteiger partial charge in [0.15, 0.2) is 0 Å². The Hall–Kier alpha value is -2.00. The number of fused-ring (bicyclic) bond motifs is 2. The minimum Gasteiger partial charge on any atom is -0.365 e. The molecule has 1 saturated carbocycles. The van der Waals surface area contributed by atoms with Crippen LogP contribution in [-0.2, 0) is 19.5 Å². The predicted molar refractivity (Wildman–Crippen MR) is 115 cm³/mol. The molecule has 3 aromatic rings. The van der Waals surface area contributed by atoms with Gasteiger partial charge in [-0.05, 0) is 61.8 Å². The quantitative estimate of drug-likeness (QED) is 0.602. The van der Waals surface area contributed by atoms with Crippen LogP contribution in [0.2, 0.25) is 0 Å². The molecule has 3 heterocycles. The third-order valence-corrected chi connectivity index (χ3v) is 6.61. The summed E-state index contributed by atoms with van der Waals surface area (Å²) >= 11 is 0. The van der Waals surface area contributed by atoms with Gasteiger partial charge in [0.05, 0.1) is 16.7 Å². The van der Waals surface area contributed by atoms with Crippen molar-refractivity contribution in [2.45, 2.75) is 52.6 Å². The van der Waals surface area contributed by atoms with E-state index >= 15 is 0 Å². The molecule has 0 radical (unpaired) electrons. The molecule has 1 aliphatic carbocycles. The van der Waals surface area contributed by atoms with E-state index in [-0.39, 0.29) is 12.4 Å². The second kappa shape index (κ2) is 7.20. The third kappa shape index (κ3) is 3.02. The summed E-state index contributed by atoms with van der Waals surface area (Å²) in [5.41, 5.74) is 9.62. The fourth-order valence-corrected chi connectivity index (χ4v) is 4.64. The summed E-state index contributed by atoms with van der Waals surface area (Å²) in [5, 5.41) is 0. The van der Waals surface area contributed by atoms with Crippen molar-refractivity contribution in [3.63, 3.8) is 0 Å². The Kier molecular flexibility index (Phi) is 4.90. The first-order valence-electron chi connectivity index (χ1n) is 9.98. The van der Waals surface area contributed by atoms with Gasteiger partial charge in [0.1, 0.15) is 0 Å². The zero-order valence-corrected chi connectivity index (χ0v) is 17.1. The van der Waals surface area contributed by atoms with E-state index in [0.717, 1.165) is 32.0 Å². The molecule has 0 atom stereocenters. The summed E-state index contributed by atoms with van der Waals surface area (Å²) in [5.74, 6) is 0.846. The average molecular weight is 382 g/mol. The second-order valence-electron chi connectivity index (χ2n) is 8.09. The molecule has 3 nitrogen and oxygen atoms in total. The Morgan fingerprint density at radius 1 is 1.07 bits per heavy atom. The number of hydrogen-bond acceptors (Lipinski definition) is 2. The Bertz CT molecular complexity index is 971. The highest BCUT2D eigenvalue weighted by Gasteiger charge is 2.25. The van der Waals surface area contributed by atoms with E-state index in [1.807, 2.05) is 6.20 Å². The number of halogens is 1. The molecule has 0 N–H and O–H groups in total. The number of rotatable bonds is 3. The average Bonchev–Trinajstić information content (AvgIpc) is 2.89. The smallest absolute Gasteiger partial charge is 0.0934 e.